The van der Waals surface area contributed by atoms with Gasteiger partial charge in [0.15, 0.2) is 0 Å². The average Bonchev–Trinajstić information content (AvgIpc) is 3.17. The Morgan fingerprint density at radius 2 is 1.90 bits per heavy atom. The van der Waals surface area contributed by atoms with Gasteiger partial charge >= 0.3 is 5.97 Å². The second-order valence-electron chi connectivity index (χ2n) is 4.99. The molecule has 1 fully saturated rings. The van der Waals surface area contributed by atoms with Gasteiger partial charge in [-0.1, -0.05) is 6.07 Å². The first-order valence-electron chi connectivity index (χ1n) is 6.41. The van der Waals surface area contributed by atoms with E-state index in [0.717, 1.165) is 25.0 Å². The molecule has 1 amide bonds. The summed E-state index contributed by atoms with van der Waals surface area (Å²) in [5.74, 6) is -2.96. The number of carbonyl (C=O) groups excluding carboxylic acids is 1. The van der Waals surface area contributed by atoms with Gasteiger partial charge in [0.25, 0.3) is 0 Å². The molecule has 0 radical (unpaired) electrons. The van der Waals surface area contributed by atoms with Crippen LogP contribution in [-0.4, -0.2) is 23.0 Å². The molecule has 1 unspecified atom stereocenters. The van der Waals surface area contributed by atoms with E-state index in [0.29, 0.717) is 0 Å². The lowest BCUT2D eigenvalue weighted by atomic mass is 10.1. The van der Waals surface area contributed by atoms with Crippen molar-refractivity contribution < 1.29 is 23.5 Å². The van der Waals surface area contributed by atoms with Crippen molar-refractivity contribution in [3.63, 3.8) is 0 Å². The number of nitrogens with one attached hydrogen (secondary N) is 1. The number of carboxylic acids is 1. The van der Waals surface area contributed by atoms with E-state index < -0.39 is 36.0 Å². The molecule has 0 bridgehead atoms. The summed E-state index contributed by atoms with van der Waals surface area (Å²) >= 11 is 0. The van der Waals surface area contributed by atoms with Crippen LogP contribution in [0.25, 0.3) is 0 Å². The summed E-state index contributed by atoms with van der Waals surface area (Å²) in [6.07, 6.45) is 1.13. The molecule has 1 aromatic carbocycles. The largest absolute Gasteiger partial charge is 0.481 e. The van der Waals surface area contributed by atoms with Crippen LogP contribution >= 0.6 is 0 Å². The maximum absolute atomic E-state index is 13.4. The fourth-order valence-corrected chi connectivity index (χ4v) is 2.14. The van der Waals surface area contributed by atoms with E-state index >= 15 is 0 Å². The molecule has 0 aromatic heterocycles. The van der Waals surface area contributed by atoms with Gasteiger partial charge in [-0.3, -0.25) is 9.59 Å². The van der Waals surface area contributed by atoms with Crippen LogP contribution in [0.5, 0.6) is 0 Å². The van der Waals surface area contributed by atoms with Crippen LogP contribution in [0.2, 0.25) is 0 Å². The average molecular weight is 283 g/mol. The molecule has 1 saturated carbocycles. The number of aliphatic carboxylic acids is 1. The van der Waals surface area contributed by atoms with Gasteiger partial charge in [0.2, 0.25) is 5.91 Å². The van der Waals surface area contributed by atoms with Crippen molar-refractivity contribution in [2.75, 3.05) is 0 Å². The molecule has 2 rings (SSSR count). The molecule has 1 aliphatic rings. The van der Waals surface area contributed by atoms with Gasteiger partial charge in [-0.05, 0) is 30.9 Å². The first kappa shape index (κ1) is 14.4. The molecular formula is C14H15F2NO3. The third-order valence-electron chi connectivity index (χ3n) is 3.33. The predicted molar refractivity (Wildman–Crippen MR) is 67.0 cm³/mol. The van der Waals surface area contributed by atoms with Crippen molar-refractivity contribution in [2.45, 2.75) is 31.7 Å². The molecule has 2 N–H and O–H groups in total. The van der Waals surface area contributed by atoms with E-state index in [1.165, 1.54) is 6.07 Å². The molecular weight excluding hydrogens is 268 g/mol. The highest BCUT2D eigenvalue weighted by atomic mass is 19.1. The Balaban J connectivity index is 1.99. The topological polar surface area (TPSA) is 66.4 Å². The van der Waals surface area contributed by atoms with Crippen molar-refractivity contribution in [3.8, 4) is 0 Å². The van der Waals surface area contributed by atoms with E-state index in [2.05, 4.69) is 5.32 Å². The fourth-order valence-electron chi connectivity index (χ4n) is 2.14. The van der Waals surface area contributed by atoms with Crippen LogP contribution in [0.3, 0.4) is 0 Å². The third-order valence-corrected chi connectivity index (χ3v) is 3.33. The molecule has 1 aromatic rings. The van der Waals surface area contributed by atoms with Crippen molar-refractivity contribution in [3.05, 3.63) is 35.4 Å². The number of carboxylic acid groups (broad SMARTS) is 1. The molecule has 0 spiro atoms. The first-order chi connectivity index (χ1) is 9.47. The molecule has 1 atom stereocenters. The number of benzene rings is 1. The predicted octanol–water partition coefficient (Wildman–Crippen LogP) is 1.88. The Bertz CT molecular complexity index is 509. The Kier molecular flexibility index (Phi) is 4.32. The van der Waals surface area contributed by atoms with E-state index in [1.54, 1.807) is 0 Å². The normalized spacial score (nSPS) is 15.7. The maximum atomic E-state index is 13.4. The van der Waals surface area contributed by atoms with Crippen LogP contribution in [0.15, 0.2) is 18.2 Å². The van der Waals surface area contributed by atoms with Crippen molar-refractivity contribution >= 4 is 11.9 Å². The van der Waals surface area contributed by atoms with Crippen LogP contribution in [0.1, 0.15) is 24.8 Å². The smallest absolute Gasteiger partial charge is 0.305 e. The minimum absolute atomic E-state index is 0.153. The summed E-state index contributed by atoms with van der Waals surface area (Å²) in [4.78, 5) is 22.5. The second kappa shape index (κ2) is 5.98. The van der Waals surface area contributed by atoms with Crippen molar-refractivity contribution in [2.24, 2.45) is 5.92 Å². The highest BCUT2D eigenvalue weighted by molar-refractivity contribution is 5.80. The lowest BCUT2D eigenvalue weighted by Gasteiger charge is -2.16. The maximum Gasteiger partial charge on any atom is 0.305 e. The summed E-state index contributed by atoms with van der Waals surface area (Å²) in [6, 6.07) is 2.93. The minimum atomic E-state index is -1.00. The number of hydrogen-bond acceptors (Lipinski definition) is 2. The first-order valence-corrected chi connectivity index (χ1v) is 6.41. The monoisotopic (exact) mass is 283 g/mol. The van der Waals surface area contributed by atoms with E-state index in [9.17, 15) is 18.4 Å². The number of hydrogen-bond donors (Lipinski definition) is 2. The zero-order chi connectivity index (χ0) is 14.7. The van der Waals surface area contributed by atoms with Gasteiger partial charge in [-0.25, -0.2) is 8.78 Å². The van der Waals surface area contributed by atoms with Crippen molar-refractivity contribution in [1.29, 1.82) is 0 Å². The third kappa shape index (κ3) is 3.76. The molecule has 0 saturated heterocycles. The molecule has 108 valence electrons. The van der Waals surface area contributed by atoms with Gasteiger partial charge in [-0.15, -0.1) is 0 Å². The second-order valence-corrected chi connectivity index (χ2v) is 4.99. The highest BCUT2D eigenvalue weighted by Crippen LogP contribution is 2.34. The van der Waals surface area contributed by atoms with Crippen LogP contribution in [0.4, 0.5) is 8.78 Å². The molecule has 1 aliphatic carbocycles. The summed E-state index contributed by atoms with van der Waals surface area (Å²) in [5, 5.41) is 11.3. The van der Waals surface area contributed by atoms with Crippen LogP contribution in [0, 0.1) is 17.6 Å². The Labute approximate surface area is 114 Å². The Hall–Kier alpha value is -1.98. The fraction of sp³-hybridized carbons (Fsp3) is 0.429. The summed E-state index contributed by atoms with van der Waals surface area (Å²) in [6.45, 7) is 0. The van der Waals surface area contributed by atoms with Gasteiger partial charge < -0.3 is 10.4 Å². The number of rotatable bonds is 6. The molecule has 0 aliphatic heterocycles. The zero-order valence-corrected chi connectivity index (χ0v) is 10.7. The van der Waals surface area contributed by atoms with Gasteiger partial charge in [-0.2, -0.15) is 0 Å². The summed E-state index contributed by atoms with van der Waals surface area (Å²) < 4.78 is 26.8. The van der Waals surface area contributed by atoms with E-state index in [-0.39, 0.29) is 17.9 Å². The minimum Gasteiger partial charge on any atom is -0.481 e. The molecule has 6 heteroatoms. The number of amides is 1. The number of halogens is 2. The molecule has 4 nitrogen and oxygen atoms in total. The molecule has 20 heavy (non-hydrogen) atoms. The van der Waals surface area contributed by atoms with Crippen LogP contribution < -0.4 is 5.32 Å². The van der Waals surface area contributed by atoms with E-state index in [4.69, 9.17) is 5.11 Å². The lowest BCUT2D eigenvalue weighted by molar-refractivity contribution is -0.137. The quantitative estimate of drug-likeness (QED) is 0.837. The van der Waals surface area contributed by atoms with Crippen molar-refractivity contribution in [1.82, 2.24) is 5.32 Å². The molecule has 0 heterocycles. The number of carbonyl (C=O) groups is 2. The SMILES string of the molecule is O=C(O)CC(NC(=O)Cc1c(F)cccc1F)C1CC1. The van der Waals surface area contributed by atoms with Gasteiger partial charge in [0.1, 0.15) is 11.6 Å². The van der Waals surface area contributed by atoms with E-state index in [1.807, 2.05) is 0 Å². The lowest BCUT2D eigenvalue weighted by Crippen LogP contribution is -2.39. The van der Waals surface area contributed by atoms with Gasteiger partial charge in [0.05, 0.1) is 12.8 Å². The highest BCUT2D eigenvalue weighted by Gasteiger charge is 2.33. The summed E-state index contributed by atoms with van der Waals surface area (Å²) in [5.41, 5.74) is -0.296. The summed E-state index contributed by atoms with van der Waals surface area (Å²) in [7, 11) is 0. The van der Waals surface area contributed by atoms with Crippen LogP contribution in [-0.2, 0) is 16.0 Å². The standard InChI is InChI=1S/C14H15F2NO3/c15-10-2-1-3-11(16)9(10)6-13(18)17-12(7-14(19)20)8-4-5-8/h1-3,8,12H,4-7H2,(H,17,18)(H,19,20). The Morgan fingerprint density at radius 1 is 1.30 bits per heavy atom. The zero-order valence-electron chi connectivity index (χ0n) is 10.7. The Morgan fingerprint density at radius 3 is 2.40 bits per heavy atom. The van der Waals surface area contributed by atoms with Gasteiger partial charge in [0, 0.05) is 11.6 Å².